The van der Waals surface area contributed by atoms with Gasteiger partial charge in [-0.1, -0.05) is 6.07 Å². The van der Waals surface area contributed by atoms with Crippen molar-refractivity contribution < 1.29 is 32.6 Å². The number of anilines is 1. The number of amides is 4. The van der Waals surface area contributed by atoms with Crippen molar-refractivity contribution >= 4 is 23.5 Å². The molecule has 0 spiro atoms. The van der Waals surface area contributed by atoms with E-state index >= 15 is 0 Å². The maximum Gasteiger partial charge on any atom is 0.325 e. The number of nitrogens with zero attached hydrogens (tertiary/aromatic N) is 1. The Morgan fingerprint density at radius 2 is 1.56 bits per heavy atom. The second-order valence-electron chi connectivity index (χ2n) is 8.15. The molecule has 2 N–H and O–H groups in total. The zero-order valence-corrected chi connectivity index (χ0v) is 19.5. The van der Waals surface area contributed by atoms with E-state index in [0.29, 0.717) is 23.8 Å². The van der Waals surface area contributed by atoms with Gasteiger partial charge in [-0.25, -0.2) is 13.6 Å². The molecule has 3 aromatic carbocycles. The quantitative estimate of drug-likeness (QED) is 0.447. The second kappa shape index (κ2) is 10.0. The number of hydrogen-bond acceptors (Lipinski definition) is 5. The van der Waals surface area contributed by atoms with Crippen LogP contribution in [0.5, 0.6) is 17.2 Å². The van der Waals surface area contributed by atoms with E-state index in [-0.39, 0.29) is 5.56 Å². The van der Waals surface area contributed by atoms with Crippen LogP contribution in [-0.2, 0) is 15.1 Å². The van der Waals surface area contributed by atoms with Gasteiger partial charge in [0.2, 0.25) is 5.91 Å². The van der Waals surface area contributed by atoms with E-state index in [4.69, 9.17) is 9.47 Å². The highest BCUT2D eigenvalue weighted by Crippen LogP contribution is 2.30. The van der Waals surface area contributed by atoms with Crippen molar-refractivity contribution in [3.05, 3.63) is 83.9 Å². The molecule has 10 heteroatoms. The number of carbonyl (C=O) groups is 3. The standard InChI is InChI=1S/C26H23F2N3O5/c1-3-35-18-9-11-20(12-10-18)36-19-7-5-17(6-8-19)29-23(32)15-31-24(33)26(2,30-25(31)34)16-4-13-21(27)22(28)14-16/h4-14H,3,15H2,1-2H3,(H,29,32)(H,30,34)/t26-/m0/s1. The van der Waals surface area contributed by atoms with E-state index in [1.54, 1.807) is 48.5 Å². The van der Waals surface area contributed by atoms with Gasteiger partial charge in [-0.15, -0.1) is 0 Å². The Kier molecular flexibility index (Phi) is 6.86. The van der Waals surface area contributed by atoms with Gasteiger partial charge in [-0.2, -0.15) is 0 Å². The van der Waals surface area contributed by atoms with E-state index in [9.17, 15) is 23.2 Å². The molecule has 1 atom stereocenters. The molecular formula is C26H23F2N3O5. The molecule has 0 bridgehead atoms. The van der Waals surface area contributed by atoms with Gasteiger partial charge in [-0.05, 0) is 80.1 Å². The number of hydrogen-bond donors (Lipinski definition) is 2. The summed E-state index contributed by atoms with van der Waals surface area (Å²) < 4.78 is 38.1. The number of benzene rings is 3. The summed E-state index contributed by atoms with van der Waals surface area (Å²) in [6, 6.07) is 15.7. The molecular weight excluding hydrogens is 472 g/mol. The summed E-state index contributed by atoms with van der Waals surface area (Å²) in [5, 5.41) is 5.06. The van der Waals surface area contributed by atoms with Crippen LogP contribution < -0.4 is 20.1 Å². The SMILES string of the molecule is CCOc1ccc(Oc2ccc(NC(=O)CN3C(=O)N[C@@](C)(c4ccc(F)c(F)c4)C3=O)cc2)cc1. The summed E-state index contributed by atoms with van der Waals surface area (Å²) in [7, 11) is 0. The monoisotopic (exact) mass is 495 g/mol. The van der Waals surface area contributed by atoms with Crippen molar-refractivity contribution in [3.8, 4) is 17.2 Å². The van der Waals surface area contributed by atoms with E-state index in [1.165, 1.54) is 13.0 Å². The Balaban J connectivity index is 1.36. The van der Waals surface area contributed by atoms with Crippen LogP contribution in [0.1, 0.15) is 19.4 Å². The zero-order chi connectivity index (χ0) is 25.9. The van der Waals surface area contributed by atoms with Gasteiger partial charge < -0.3 is 20.1 Å². The topological polar surface area (TPSA) is 97.0 Å². The molecule has 1 saturated heterocycles. The lowest BCUT2D eigenvalue weighted by molar-refractivity contribution is -0.133. The minimum atomic E-state index is -1.63. The summed E-state index contributed by atoms with van der Waals surface area (Å²) in [6.07, 6.45) is 0. The molecule has 1 fully saturated rings. The zero-order valence-electron chi connectivity index (χ0n) is 19.5. The fourth-order valence-corrected chi connectivity index (χ4v) is 3.70. The maximum atomic E-state index is 13.7. The highest BCUT2D eigenvalue weighted by Gasteiger charge is 2.49. The lowest BCUT2D eigenvalue weighted by Crippen LogP contribution is -2.42. The van der Waals surface area contributed by atoms with Crippen LogP contribution in [0, 0.1) is 11.6 Å². The molecule has 0 aromatic heterocycles. The van der Waals surface area contributed by atoms with Crippen molar-refractivity contribution in [1.29, 1.82) is 0 Å². The molecule has 1 aliphatic rings. The molecule has 0 saturated carbocycles. The highest BCUT2D eigenvalue weighted by atomic mass is 19.2. The maximum absolute atomic E-state index is 13.7. The third-order valence-corrected chi connectivity index (χ3v) is 5.58. The van der Waals surface area contributed by atoms with Crippen LogP contribution in [0.25, 0.3) is 0 Å². The van der Waals surface area contributed by atoms with E-state index in [0.717, 1.165) is 22.8 Å². The lowest BCUT2D eigenvalue weighted by Gasteiger charge is -2.22. The molecule has 3 aromatic rings. The first-order chi connectivity index (χ1) is 17.2. The van der Waals surface area contributed by atoms with Crippen LogP contribution in [0.4, 0.5) is 19.3 Å². The number of imide groups is 1. The van der Waals surface area contributed by atoms with Crippen LogP contribution in [0.2, 0.25) is 0 Å². The number of rotatable bonds is 8. The molecule has 36 heavy (non-hydrogen) atoms. The summed E-state index contributed by atoms with van der Waals surface area (Å²) in [5.41, 5.74) is -1.15. The molecule has 4 amide bonds. The van der Waals surface area contributed by atoms with Gasteiger partial charge in [0.05, 0.1) is 6.61 Å². The highest BCUT2D eigenvalue weighted by molar-refractivity contribution is 6.10. The van der Waals surface area contributed by atoms with Crippen LogP contribution in [-0.4, -0.2) is 35.9 Å². The van der Waals surface area contributed by atoms with Crippen molar-refractivity contribution in [2.24, 2.45) is 0 Å². The molecule has 4 rings (SSSR count). The average Bonchev–Trinajstić information content (AvgIpc) is 3.07. The third kappa shape index (κ3) is 5.12. The molecule has 1 heterocycles. The van der Waals surface area contributed by atoms with E-state index in [2.05, 4.69) is 10.6 Å². The summed E-state index contributed by atoms with van der Waals surface area (Å²) in [5.74, 6) is -1.72. The Bertz CT molecular complexity index is 1300. The van der Waals surface area contributed by atoms with Crippen LogP contribution in [0.3, 0.4) is 0 Å². The fourth-order valence-electron chi connectivity index (χ4n) is 3.70. The summed E-state index contributed by atoms with van der Waals surface area (Å²) in [4.78, 5) is 38.6. The van der Waals surface area contributed by atoms with Gasteiger partial charge in [0, 0.05) is 5.69 Å². The molecule has 0 aliphatic carbocycles. The van der Waals surface area contributed by atoms with Crippen molar-refractivity contribution in [3.63, 3.8) is 0 Å². The van der Waals surface area contributed by atoms with Gasteiger partial charge in [-0.3, -0.25) is 14.5 Å². The number of carbonyl (C=O) groups excluding carboxylic acids is 3. The smallest absolute Gasteiger partial charge is 0.325 e. The first-order valence-corrected chi connectivity index (χ1v) is 11.1. The normalized spacial score (nSPS) is 17.1. The predicted octanol–water partition coefficient (Wildman–Crippen LogP) is 4.56. The third-order valence-electron chi connectivity index (χ3n) is 5.58. The molecule has 0 unspecified atom stereocenters. The Labute approximate surface area is 205 Å². The van der Waals surface area contributed by atoms with Gasteiger partial charge in [0.15, 0.2) is 11.6 Å². The number of ether oxygens (including phenoxy) is 2. The Hall–Kier alpha value is -4.47. The molecule has 1 aliphatic heterocycles. The van der Waals surface area contributed by atoms with E-state index < -0.39 is 41.6 Å². The Morgan fingerprint density at radius 1 is 0.944 bits per heavy atom. The number of nitrogens with one attached hydrogen (secondary N) is 2. The number of urea groups is 1. The average molecular weight is 495 g/mol. The van der Waals surface area contributed by atoms with E-state index in [1.807, 2.05) is 6.92 Å². The van der Waals surface area contributed by atoms with Gasteiger partial charge in [0.25, 0.3) is 5.91 Å². The first-order valence-electron chi connectivity index (χ1n) is 11.1. The second-order valence-corrected chi connectivity index (χ2v) is 8.15. The Morgan fingerprint density at radius 3 is 2.17 bits per heavy atom. The van der Waals surface area contributed by atoms with Crippen LogP contribution in [0.15, 0.2) is 66.7 Å². The largest absolute Gasteiger partial charge is 0.494 e. The molecule has 0 radical (unpaired) electrons. The lowest BCUT2D eigenvalue weighted by atomic mass is 9.92. The minimum absolute atomic E-state index is 0.0609. The first kappa shape index (κ1) is 24.6. The molecule has 8 nitrogen and oxygen atoms in total. The number of halogens is 2. The van der Waals surface area contributed by atoms with Gasteiger partial charge >= 0.3 is 6.03 Å². The van der Waals surface area contributed by atoms with Crippen molar-refractivity contribution in [1.82, 2.24) is 10.2 Å². The van der Waals surface area contributed by atoms with Crippen LogP contribution >= 0.6 is 0 Å². The van der Waals surface area contributed by atoms with Gasteiger partial charge in [0.1, 0.15) is 29.3 Å². The van der Waals surface area contributed by atoms with Crippen molar-refractivity contribution in [2.45, 2.75) is 19.4 Å². The fraction of sp³-hybridized carbons (Fsp3) is 0.192. The predicted molar refractivity (Wildman–Crippen MR) is 127 cm³/mol. The minimum Gasteiger partial charge on any atom is -0.494 e. The summed E-state index contributed by atoms with van der Waals surface area (Å²) >= 11 is 0. The summed E-state index contributed by atoms with van der Waals surface area (Å²) in [6.45, 7) is 3.27. The van der Waals surface area contributed by atoms with Crippen molar-refractivity contribution in [2.75, 3.05) is 18.5 Å². The molecule has 186 valence electrons.